The van der Waals surface area contributed by atoms with E-state index in [1.54, 1.807) is 0 Å². The van der Waals surface area contributed by atoms with E-state index < -0.39 is 0 Å². The van der Waals surface area contributed by atoms with Crippen LogP contribution in [0.25, 0.3) is 0 Å². The highest BCUT2D eigenvalue weighted by Gasteiger charge is 2.36. The minimum Gasteiger partial charge on any atom is -0.368 e. The second-order valence-corrected chi connectivity index (χ2v) is 5.45. The summed E-state index contributed by atoms with van der Waals surface area (Å²) in [6.45, 7) is 5.22. The van der Waals surface area contributed by atoms with Crippen molar-refractivity contribution in [1.29, 1.82) is 0 Å². The summed E-state index contributed by atoms with van der Waals surface area (Å²) in [4.78, 5) is 4.41. The summed E-state index contributed by atoms with van der Waals surface area (Å²) in [7, 11) is 0. The number of rotatable bonds is 4. The largest absolute Gasteiger partial charge is 0.368 e. The molecule has 0 amide bonds. The third-order valence-corrected chi connectivity index (χ3v) is 3.89. The normalized spacial score (nSPS) is 28.9. The standard InChI is InChI=1S/C13H21N3O3/c1-13(5-2-8-18-13)12-15-11(19-16-12)9-17-10-3-6-14-7-4-10/h10,14H,2-9H2,1H3. The number of ether oxygens (including phenoxy) is 2. The van der Waals surface area contributed by atoms with Gasteiger partial charge >= 0.3 is 0 Å². The van der Waals surface area contributed by atoms with Crippen LogP contribution in [0.2, 0.25) is 0 Å². The van der Waals surface area contributed by atoms with Crippen molar-refractivity contribution in [3.63, 3.8) is 0 Å². The van der Waals surface area contributed by atoms with Crippen molar-refractivity contribution in [3.8, 4) is 0 Å². The van der Waals surface area contributed by atoms with Crippen LogP contribution in [0.4, 0.5) is 0 Å². The van der Waals surface area contributed by atoms with Crippen LogP contribution in [0, 0.1) is 0 Å². The second kappa shape index (κ2) is 5.56. The molecule has 2 fully saturated rings. The van der Waals surface area contributed by atoms with Gasteiger partial charge in [-0.15, -0.1) is 0 Å². The van der Waals surface area contributed by atoms with E-state index >= 15 is 0 Å². The predicted octanol–water partition coefficient (Wildman–Crippen LogP) is 1.36. The molecule has 6 heteroatoms. The van der Waals surface area contributed by atoms with Crippen molar-refractivity contribution in [3.05, 3.63) is 11.7 Å². The Hall–Kier alpha value is -0.980. The fourth-order valence-corrected chi connectivity index (χ4v) is 2.63. The van der Waals surface area contributed by atoms with Crippen LogP contribution in [-0.2, 0) is 21.7 Å². The summed E-state index contributed by atoms with van der Waals surface area (Å²) in [6.07, 6.45) is 4.38. The average molecular weight is 267 g/mol. The van der Waals surface area contributed by atoms with Gasteiger partial charge in [-0.1, -0.05) is 5.16 Å². The molecule has 0 bridgehead atoms. The van der Waals surface area contributed by atoms with Gasteiger partial charge in [-0.05, 0) is 45.7 Å². The van der Waals surface area contributed by atoms with Gasteiger partial charge in [-0.2, -0.15) is 4.98 Å². The van der Waals surface area contributed by atoms with Crippen LogP contribution < -0.4 is 5.32 Å². The van der Waals surface area contributed by atoms with E-state index in [1.165, 1.54) is 0 Å². The maximum Gasteiger partial charge on any atom is 0.252 e. The molecular formula is C13H21N3O3. The number of hydrogen-bond donors (Lipinski definition) is 1. The first-order valence-corrected chi connectivity index (χ1v) is 7.06. The summed E-state index contributed by atoms with van der Waals surface area (Å²) in [5.41, 5.74) is -0.378. The van der Waals surface area contributed by atoms with Crippen molar-refractivity contribution in [2.75, 3.05) is 19.7 Å². The minimum atomic E-state index is -0.378. The molecule has 2 saturated heterocycles. The summed E-state index contributed by atoms with van der Waals surface area (Å²) in [5.74, 6) is 1.19. The molecule has 1 atom stereocenters. The van der Waals surface area contributed by atoms with Crippen molar-refractivity contribution in [2.24, 2.45) is 0 Å². The lowest BCUT2D eigenvalue weighted by Gasteiger charge is -2.22. The molecule has 1 aromatic heterocycles. The molecule has 1 unspecified atom stereocenters. The van der Waals surface area contributed by atoms with E-state index in [-0.39, 0.29) is 5.60 Å². The van der Waals surface area contributed by atoms with Gasteiger partial charge < -0.3 is 19.3 Å². The Labute approximate surface area is 112 Å². The molecule has 0 saturated carbocycles. The molecule has 2 aliphatic rings. The molecule has 2 aliphatic heterocycles. The first-order chi connectivity index (χ1) is 9.26. The number of nitrogens with zero attached hydrogens (tertiary/aromatic N) is 2. The van der Waals surface area contributed by atoms with Crippen LogP contribution >= 0.6 is 0 Å². The third-order valence-electron chi connectivity index (χ3n) is 3.89. The highest BCUT2D eigenvalue weighted by molar-refractivity contribution is 5.01. The van der Waals surface area contributed by atoms with Crippen LogP contribution in [-0.4, -0.2) is 35.9 Å². The van der Waals surface area contributed by atoms with Crippen LogP contribution in [0.15, 0.2) is 4.52 Å². The first-order valence-electron chi connectivity index (χ1n) is 7.06. The lowest BCUT2D eigenvalue weighted by molar-refractivity contribution is 0.00736. The van der Waals surface area contributed by atoms with Gasteiger partial charge in [0.1, 0.15) is 12.2 Å². The first kappa shape index (κ1) is 13.0. The van der Waals surface area contributed by atoms with E-state index in [1.807, 2.05) is 6.92 Å². The van der Waals surface area contributed by atoms with Crippen molar-refractivity contribution < 1.29 is 14.0 Å². The SMILES string of the molecule is CC1(c2noc(COC3CCNCC3)n2)CCCO1. The smallest absolute Gasteiger partial charge is 0.252 e. The molecule has 19 heavy (non-hydrogen) atoms. The van der Waals surface area contributed by atoms with Gasteiger partial charge in [0.2, 0.25) is 5.82 Å². The van der Waals surface area contributed by atoms with Gasteiger partial charge in [0.15, 0.2) is 0 Å². The monoisotopic (exact) mass is 267 g/mol. The molecule has 106 valence electrons. The zero-order valence-electron chi connectivity index (χ0n) is 11.4. The highest BCUT2D eigenvalue weighted by atomic mass is 16.5. The van der Waals surface area contributed by atoms with E-state index in [9.17, 15) is 0 Å². The number of nitrogens with one attached hydrogen (secondary N) is 1. The van der Waals surface area contributed by atoms with Crippen LogP contribution in [0.5, 0.6) is 0 Å². The van der Waals surface area contributed by atoms with E-state index in [0.29, 0.717) is 24.4 Å². The summed E-state index contributed by atoms with van der Waals surface area (Å²) < 4.78 is 16.8. The lowest BCUT2D eigenvalue weighted by atomic mass is 10.0. The third kappa shape index (κ3) is 2.96. The summed E-state index contributed by atoms with van der Waals surface area (Å²) in [5, 5.41) is 7.34. The topological polar surface area (TPSA) is 69.4 Å². The second-order valence-electron chi connectivity index (χ2n) is 5.45. The zero-order chi connectivity index (χ0) is 13.1. The Balaban J connectivity index is 1.55. The maximum atomic E-state index is 5.80. The van der Waals surface area contributed by atoms with Crippen LogP contribution in [0.1, 0.15) is 44.3 Å². The Kier molecular flexibility index (Phi) is 3.81. The molecule has 3 rings (SSSR count). The van der Waals surface area contributed by atoms with E-state index in [2.05, 4.69) is 15.5 Å². The average Bonchev–Trinajstić information content (AvgIpc) is 3.07. The van der Waals surface area contributed by atoms with E-state index in [0.717, 1.165) is 45.4 Å². The quantitative estimate of drug-likeness (QED) is 0.888. The molecule has 0 aromatic carbocycles. The van der Waals surface area contributed by atoms with Crippen molar-refractivity contribution in [2.45, 2.75) is 50.9 Å². The fraction of sp³-hybridized carbons (Fsp3) is 0.846. The molecule has 3 heterocycles. The summed E-state index contributed by atoms with van der Waals surface area (Å²) >= 11 is 0. The molecule has 0 spiro atoms. The predicted molar refractivity (Wildman–Crippen MR) is 67.5 cm³/mol. The maximum absolute atomic E-state index is 5.80. The Morgan fingerprint density at radius 2 is 2.26 bits per heavy atom. The molecule has 1 aromatic rings. The van der Waals surface area contributed by atoms with Gasteiger partial charge in [0.25, 0.3) is 5.89 Å². The molecule has 1 N–H and O–H groups in total. The summed E-state index contributed by atoms with van der Waals surface area (Å²) in [6, 6.07) is 0. The molecule has 0 radical (unpaired) electrons. The van der Waals surface area contributed by atoms with Gasteiger partial charge in [-0.25, -0.2) is 0 Å². The van der Waals surface area contributed by atoms with Gasteiger partial charge in [-0.3, -0.25) is 0 Å². The number of aromatic nitrogens is 2. The van der Waals surface area contributed by atoms with Crippen molar-refractivity contribution in [1.82, 2.24) is 15.5 Å². The fourth-order valence-electron chi connectivity index (χ4n) is 2.63. The Bertz CT molecular complexity index is 409. The minimum absolute atomic E-state index is 0.301. The van der Waals surface area contributed by atoms with Crippen LogP contribution in [0.3, 0.4) is 0 Å². The molecule has 0 aliphatic carbocycles. The van der Waals surface area contributed by atoms with E-state index in [4.69, 9.17) is 14.0 Å². The van der Waals surface area contributed by atoms with Crippen molar-refractivity contribution >= 4 is 0 Å². The lowest BCUT2D eigenvalue weighted by Crippen LogP contribution is -2.32. The number of hydrogen-bond acceptors (Lipinski definition) is 6. The Morgan fingerprint density at radius 3 is 3.00 bits per heavy atom. The molecule has 6 nitrogen and oxygen atoms in total. The van der Waals surface area contributed by atoms with Gasteiger partial charge in [0.05, 0.1) is 6.10 Å². The molecular weight excluding hydrogens is 246 g/mol. The highest BCUT2D eigenvalue weighted by Crippen LogP contribution is 2.33. The van der Waals surface area contributed by atoms with Gasteiger partial charge in [0, 0.05) is 6.61 Å². The zero-order valence-corrected chi connectivity index (χ0v) is 11.4. The number of piperidine rings is 1. The Morgan fingerprint density at radius 1 is 1.42 bits per heavy atom.